The summed E-state index contributed by atoms with van der Waals surface area (Å²) in [5, 5.41) is 13.1. The molecule has 0 saturated heterocycles. The lowest BCUT2D eigenvalue weighted by atomic mass is 9.97. The van der Waals surface area contributed by atoms with Crippen molar-refractivity contribution in [3.8, 4) is 16.9 Å². The number of nitrogens with one attached hydrogen (secondary N) is 1. The van der Waals surface area contributed by atoms with Crippen molar-refractivity contribution in [2.45, 2.75) is 12.5 Å². The van der Waals surface area contributed by atoms with E-state index in [1.807, 2.05) is 42.5 Å². The summed E-state index contributed by atoms with van der Waals surface area (Å²) >= 11 is 0. The van der Waals surface area contributed by atoms with Crippen LogP contribution in [0.3, 0.4) is 0 Å². The third-order valence-corrected chi connectivity index (χ3v) is 5.35. The van der Waals surface area contributed by atoms with Crippen molar-refractivity contribution in [1.29, 1.82) is 0 Å². The van der Waals surface area contributed by atoms with E-state index in [2.05, 4.69) is 10.1 Å². The van der Waals surface area contributed by atoms with Gasteiger partial charge in [0.05, 0.1) is 5.56 Å². The van der Waals surface area contributed by atoms with Crippen LogP contribution in [0.25, 0.3) is 11.1 Å². The fourth-order valence-electron chi connectivity index (χ4n) is 3.59. The number of benzene rings is 4. The van der Waals surface area contributed by atoms with E-state index in [4.69, 9.17) is 0 Å². The molecule has 0 heterocycles. The summed E-state index contributed by atoms with van der Waals surface area (Å²) < 4.78 is 42.8. The molecule has 36 heavy (non-hydrogen) atoms. The van der Waals surface area contributed by atoms with Gasteiger partial charge in [0.1, 0.15) is 11.9 Å². The Morgan fingerprint density at radius 2 is 1.36 bits per heavy atom. The van der Waals surface area contributed by atoms with Gasteiger partial charge >= 0.3 is 6.36 Å². The molecule has 4 rings (SSSR count). The first-order chi connectivity index (χ1) is 17.2. The van der Waals surface area contributed by atoms with Crippen LogP contribution in [0.4, 0.5) is 18.9 Å². The fraction of sp³-hybridized carbons (Fsp3) is 0.0714. The average Bonchev–Trinajstić information content (AvgIpc) is 2.88. The lowest BCUT2D eigenvalue weighted by Gasteiger charge is -2.16. The molecule has 0 saturated carbocycles. The van der Waals surface area contributed by atoms with E-state index in [9.17, 15) is 27.9 Å². The molecule has 0 aliphatic rings. The molecular formula is C28H20F3NO4. The van der Waals surface area contributed by atoms with Gasteiger partial charge in [-0.25, -0.2) is 0 Å². The van der Waals surface area contributed by atoms with Crippen LogP contribution in [-0.4, -0.2) is 23.2 Å². The summed E-state index contributed by atoms with van der Waals surface area (Å²) in [5.41, 5.74) is 1.91. The normalized spacial score (nSPS) is 12.0. The van der Waals surface area contributed by atoms with E-state index in [-0.39, 0.29) is 11.1 Å². The van der Waals surface area contributed by atoms with Crippen LogP contribution in [-0.2, 0) is 0 Å². The monoisotopic (exact) mass is 491 g/mol. The SMILES string of the molecule is O=C(Nc1ccc(-c2ccccc2)cc1)c1ccc(OC(F)(F)F)c(C(=O)C(O)c2ccccc2)c1. The Balaban J connectivity index is 1.59. The van der Waals surface area contributed by atoms with Crippen LogP contribution in [0.1, 0.15) is 32.4 Å². The molecule has 0 bridgehead atoms. The Hall–Kier alpha value is -4.43. The summed E-state index contributed by atoms with van der Waals surface area (Å²) in [6.45, 7) is 0. The van der Waals surface area contributed by atoms with E-state index in [0.29, 0.717) is 5.69 Å². The van der Waals surface area contributed by atoms with Crippen molar-refractivity contribution in [2.75, 3.05) is 5.32 Å². The number of hydrogen-bond donors (Lipinski definition) is 2. The van der Waals surface area contributed by atoms with Crippen molar-refractivity contribution in [2.24, 2.45) is 0 Å². The number of hydrogen-bond acceptors (Lipinski definition) is 4. The van der Waals surface area contributed by atoms with Crippen LogP contribution in [0.5, 0.6) is 5.75 Å². The maximum absolute atomic E-state index is 12.9. The molecule has 0 spiro atoms. The van der Waals surface area contributed by atoms with Crippen LogP contribution in [0.2, 0.25) is 0 Å². The molecule has 1 atom stereocenters. The topological polar surface area (TPSA) is 75.6 Å². The van der Waals surface area contributed by atoms with Crippen LogP contribution in [0.15, 0.2) is 103 Å². The number of ketones is 1. The quantitative estimate of drug-likeness (QED) is 0.293. The standard InChI is InChI=1S/C28H20F3NO4/c29-28(30,31)36-24-16-13-21(17-23(24)26(34)25(33)20-9-5-2-6-10-20)27(35)32-22-14-11-19(12-15-22)18-7-3-1-4-8-18/h1-17,25,33H,(H,32,35). The predicted molar refractivity (Wildman–Crippen MR) is 129 cm³/mol. The molecule has 0 aliphatic heterocycles. The summed E-state index contributed by atoms with van der Waals surface area (Å²) in [6.07, 6.45) is -6.82. The lowest BCUT2D eigenvalue weighted by molar-refractivity contribution is -0.274. The number of halogens is 3. The first-order valence-corrected chi connectivity index (χ1v) is 10.8. The molecule has 8 heteroatoms. The molecule has 0 fully saturated rings. The third-order valence-electron chi connectivity index (χ3n) is 5.35. The van der Waals surface area contributed by atoms with Gasteiger partial charge in [-0.2, -0.15) is 0 Å². The molecule has 0 aliphatic carbocycles. The Bertz CT molecular complexity index is 1360. The maximum atomic E-state index is 12.9. The first kappa shape index (κ1) is 24.7. The zero-order chi connectivity index (χ0) is 25.7. The lowest BCUT2D eigenvalue weighted by Crippen LogP contribution is -2.21. The van der Waals surface area contributed by atoms with Gasteiger partial charge in [0.25, 0.3) is 5.91 Å². The largest absolute Gasteiger partial charge is 0.573 e. The van der Waals surface area contributed by atoms with Gasteiger partial charge in [-0.1, -0.05) is 72.8 Å². The van der Waals surface area contributed by atoms with Crippen molar-refractivity contribution in [3.63, 3.8) is 0 Å². The highest BCUT2D eigenvalue weighted by molar-refractivity contribution is 6.08. The third kappa shape index (κ3) is 5.97. The second-order valence-corrected chi connectivity index (χ2v) is 7.83. The van der Waals surface area contributed by atoms with E-state index in [1.165, 1.54) is 12.1 Å². The number of alkyl halides is 3. The Morgan fingerprint density at radius 3 is 1.97 bits per heavy atom. The van der Waals surface area contributed by atoms with E-state index in [1.54, 1.807) is 30.3 Å². The van der Waals surface area contributed by atoms with E-state index < -0.39 is 35.5 Å². The number of rotatable bonds is 7. The maximum Gasteiger partial charge on any atom is 0.573 e. The number of carbonyl (C=O) groups excluding carboxylic acids is 2. The van der Waals surface area contributed by atoms with Gasteiger partial charge in [-0.3, -0.25) is 9.59 Å². The van der Waals surface area contributed by atoms with Crippen LogP contribution >= 0.6 is 0 Å². The number of carbonyl (C=O) groups is 2. The Morgan fingerprint density at radius 1 is 0.778 bits per heavy atom. The molecule has 0 aromatic heterocycles. The van der Waals surface area contributed by atoms with Gasteiger partial charge in [-0.15, -0.1) is 13.2 Å². The van der Waals surface area contributed by atoms with Crippen molar-refractivity contribution >= 4 is 17.4 Å². The smallest absolute Gasteiger partial charge is 0.405 e. The molecule has 2 N–H and O–H groups in total. The average molecular weight is 491 g/mol. The van der Waals surface area contributed by atoms with Gasteiger partial charge in [0.15, 0.2) is 5.78 Å². The Kier molecular flexibility index (Phi) is 7.17. The highest BCUT2D eigenvalue weighted by Crippen LogP contribution is 2.31. The second-order valence-electron chi connectivity index (χ2n) is 7.83. The molecule has 1 unspecified atom stereocenters. The summed E-state index contributed by atoms with van der Waals surface area (Å²) in [5.74, 6) is -2.50. The minimum absolute atomic E-state index is 0.0831. The van der Waals surface area contributed by atoms with Gasteiger partial charge in [0.2, 0.25) is 0 Å². The number of amides is 1. The minimum Gasteiger partial charge on any atom is -0.405 e. The first-order valence-electron chi connectivity index (χ1n) is 10.8. The van der Waals surface area contributed by atoms with E-state index >= 15 is 0 Å². The fourth-order valence-corrected chi connectivity index (χ4v) is 3.59. The highest BCUT2D eigenvalue weighted by atomic mass is 19.4. The molecule has 5 nitrogen and oxygen atoms in total. The predicted octanol–water partition coefficient (Wildman–Crippen LogP) is 6.42. The number of aliphatic hydroxyl groups is 1. The minimum atomic E-state index is -5.07. The molecule has 4 aromatic rings. The van der Waals surface area contributed by atoms with Crippen LogP contribution in [0, 0.1) is 0 Å². The Labute approximate surface area is 204 Å². The zero-order valence-electron chi connectivity index (χ0n) is 18.7. The molecule has 182 valence electrons. The molecule has 4 aromatic carbocycles. The number of Topliss-reactive ketones (excluding diaryl/α,β-unsaturated/α-hetero) is 1. The molecule has 0 radical (unpaired) electrons. The number of ether oxygens (including phenoxy) is 1. The van der Waals surface area contributed by atoms with Crippen molar-refractivity contribution in [3.05, 3.63) is 120 Å². The molecular weight excluding hydrogens is 471 g/mol. The van der Waals surface area contributed by atoms with Crippen molar-refractivity contribution < 1.29 is 32.6 Å². The molecule has 1 amide bonds. The second kappa shape index (κ2) is 10.5. The summed E-state index contributed by atoms with van der Waals surface area (Å²) in [4.78, 5) is 25.8. The summed E-state index contributed by atoms with van der Waals surface area (Å²) in [7, 11) is 0. The number of anilines is 1. The highest BCUT2D eigenvalue weighted by Gasteiger charge is 2.34. The van der Waals surface area contributed by atoms with Crippen molar-refractivity contribution in [1.82, 2.24) is 0 Å². The number of aliphatic hydroxyl groups excluding tert-OH is 1. The van der Waals surface area contributed by atoms with Gasteiger partial charge in [0, 0.05) is 11.3 Å². The summed E-state index contributed by atoms with van der Waals surface area (Å²) in [6, 6.07) is 27.3. The van der Waals surface area contributed by atoms with Gasteiger partial charge in [-0.05, 0) is 47.0 Å². The zero-order valence-corrected chi connectivity index (χ0v) is 18.7. The van der Waals surface area contributed by atoms with Gasteiger partial charge < -0.3 is 15.2 Å². The van der Waals surface area contributed by atoms with E-state index in [0.717, 1.165) is 29.3 Å². The van der Waals surface area contributed by atoms with Crippen LogP contribution < -0.4 is 10.1 Å².